The predicted molar refractivity (Wildman–Crippen MR) is 113 cm³/mol. The maximum atomic E-state index is 10.6. The second-order valence-electron chi connectivity index (χ2n) is 5.80. The Hall–Kier alpha value is -1.68. The fraction of sp³-hybridized carbons (Fsp3) is 0.444. The van der Waals surface area contributed by atoms with Crippen molar-refractivity contribution in [1.29, 1.82) is 0 Å². The molecule has 1 amide bonds. The molecule has 0 fully saturated rings. The topological polar surface area (TPSA) is 72.8 Å². The maximum Gasteiger partial charge on any atom is 0.409 e. The van der Waals surface area contributed by atoms with E-state index < -0.39 is 6.09 Å². The number of aliphatic hydroxyl groups excluding tert-OH is 1. The largest absolute Gasteiger partial charge is 0.486 e. The fourth-order valence-electron chi connectivity index (χ4n) is 2.21. The van der Waals surface area contributed by atoms with Crippen molar-refractivity contribution in [3.05, 3.63) is 27.7 Å². The monoisotopic (exact) mass is 418 g/mol. The highest BCUT2D eigenvalue weighted by atomic mass is 35.5. The zero-order valence-corrected chi connectivity index (χ0v) is 17.8. The Labute approximate surface area is 170 Å². The second-order valence-corrected chi connectivity index (χ2v) is 6.95. The minimum absolute atomic E-state index is 0.00926. The van der Waals surface area contributed by atoms with Crippen LogP contribution in [0.5, 0.6) is 0 Å². The highest BCUT2D eigenvalue weighted by Gasteiger charge is 2.14. The molecule has 8 heteroatoms. The molecule has 0 atom stereocenters. The van der Waals surface area contributed by atoms with Crippen LogP contribution in [0.25, 0.3) is 0 Å². The first-order valence-electron chi connectivity index (χ1n) is 7.90. The van der Waals surface area contributed by atoms with Crippen LogP contribution < -0.4 is 5.32 Å². The van der Waals surface area contributed by atoms with Gasteiger partial charge in [0.15, 0.2) is 0 Å². The van der Waals surface area contributed by atoms with E-state index in [1.165, 1.54) is 6.07 Å². The molecule has 0 aliphatic rings. The molecule has 5 nitrogen and oxygen atoms in total. The maximum absolute atomic E-state index is 10.6. The van der Waals surface area contributed by atoms with E-state index in [1.807, 2.05) is 27.7 Å². The van der Waals surface area contributed by atoms with Gasteiger partial charge in [0.1, 0.15) is 0 Å². The minimum atomic E-state index is -1.15. The van der Waals surface area contributed by atoms with Gasteiger partial charge in [-0.25, -0.2) is 4.79 Å². The summed E-state index contributed by atoms with van der Waals surface area (Å²) < 4.78 is 0. The van der Waals surface area contributed by atoms with Crippen molar-refractivity contribution in [2.24, 2.45) is 0 Å². The van der Waals surface area contributed by atoms with E-state index in [0.717, 1.165) is 0 Å². The van der Waals surface area contributed by atoms with Crippen LogP contribution in [0.2, 0.25) is 10.0 Å². The van der Waals surface area contributed by atoms with Crippen LogP contribution >= 0.6 is 35.4 Å². The number of hydrogen-bond donors (Lipinski definition) is 3. The van der Waals surface area contributed by atoms with Crippen molar-refractivity contribution in [2.75, 3.05) is 5.32 Å². The lowest BCUT2D eigenvalue weighted by atomic mass is 10.1. The molecule has 0 radical (unpaired) electrons. The van der Waals surface area contributed by atoms with Crippen LogP contribution in [0.4, 0.5) is 10.5 Å². The summed E-state index contributed by atoms with van der Waals surface area (Å²) in [6.45, 7) is 9.71. The van der Waals surface area contributed by atoms with E-state index in [1.54, 1.807) is 17.9 Å². The first kappa shape index (κ1) is 24.3. The highest BCUT2D eigenvalue weighted by Crippen LogP contribution is 2.31. The molecule has 1 rings (SSSR count). The van der Waals surface area contributed by atoms with Gasteiger partial charge in [0.2, 0.25) is 0 Å². The zero-order valence-electron chi connectivity index (χ0n) is 15.4. The van der Waals surface area contributed by atoms with Crippen LogP contribution in [-0.2, 0) is 6.42 Å². The van der Waals surface area contributed by atoms with Gasteiger partial charge in [0, 0.05) is 29.8 Å². The number of carbonyl (C=O) groups is 1. The van der Waals surface area contributed by atoms with Crippen molar-refractivity contribution in [2.45, 2.75) is 53.1 Å². The van der Waals surface area contributed by atoms with E-state index in [4.69, 9.17) is 33.4 Å². The number of aliphatic hydroxyl groups is 1. The van der Waals surface area contributed by atoms with E-state index in [2.05, 4.69) is 29.4 Å². The third kappa shape index (κ3) is 8.13. The van der Waals surface area contributed by atoms with E-state index >= 15 is 0 Å². The van der Waals surface area contributed by atoms with Gasteiger partial charge >= 0.3 is 6.09 Å². The standard InChI is InChI=1S/C11H9Cl2NO2.C7H15NOS/c1-2-3-4-7-9(14-11(15)16)6-5-8(12)10(7)13;1-5(2)8(6(3)4)7(9)10/h5-6,14H,4H2,1H3,(H,15,16);5-6H,1-4H3,(H,9,10). The number of carboxylic acid groups (broad SMARTS) is 1. The molecule has 0 heterocycles. The van der Waals surface area contributed by atoms with Crippen LogP contribution in [0, 0.1) is 11.8 Å². The number of nitrogens with one attached hydrogen (secondary N) is 1. The van der Waals surface area contributed by atoms with Gasteiger partial charge in [-0.15, -0.1) is 5.92 Å². The first-order valence-corrected chi connectivity index (χ1v) is 9.06. The molecule has 0 unspecified atom stereocenters. The third-order valence-electron chi connectivity index (χ3n) is 3.21. The van der Waals surface area contributed by atoms with Gasteiger partial charge in [-0.2, -0.15) is 0 Å². The van der Waals surface area contributed by atoms with Gasteiger partial charge in [-0.3, -0.25) is 5.32 Å². The summed E-state index contributed by atoms with van der Waals surface area (Å²) in [6, 6.07) is 3.66. The first-order chi connectivity index (χ1) is 12.0. The van der Waals surface area contributed by atoms with E-state index in [-0.39, 0.29) is 17.3 Å². The second kappa shape index (κ2) is 11.8. The molecule has 1 aromatic carbocycles. The van der Waals surface area contributed by atoms with Crippen LogP contribution in [0.3, 0.4) is 0 Å². The number of amides is 1. The van der Waals surface area contributed by atoms with Crippen LogP contribution in [-0.4, -0.2) is 38.5 Å². The Morgan fingerprint density at radius 2 is 1.77 bits per heavy atom. The number of anilines is 1. The summed E-state index contributed by atoms with van der Waals surface area (Å²) in [6.07, 6.45) is -0.796. The lowest BCUT2D eigenvalue weighted by molar-refractivity contribution is 0.209. The molecule has 0 aliphatic carbocycles. The molecule has 0 spiro atoms. The molecule has 26 heavy (non-hydrogen) atoms. The van der Waals surface area contributed by atoms with Crippen molar-refractivity contribution in [3.63, 3.8) is 0 Å². The van der Waals surface area contributed by atoms with Gasteiger partial charge in [-0.1, -0.05) is 29.1 Å². The molecule has 1 aromatic rings. The lowest BCUT2D eigenvalue weighted by Crippen LogP contribution is -2.40. The average Bonchev–Trinajstić information content (AvgIpc) is 2.49. The molecule has 0 bridgehead atoms. The number of rotatable bonds is 4. The summed E-state index contributed by atoms with van der Waals surface area (Å²) in [7, 11) is 0. The molecule has 0 saturated carbocycles. The summed E-state index contributed by atoms with van der Waals surface area (Å²) in [5, 5.41) is 20.6. The fourth-order valence-corrected chi connectivity index (χ4v) is 3.04. The SMILES string of the molecule is CC#CCc1c(NC(=O)O)ccc(Cl)c1Cl.CC(C)N(C(O)=S)C(C)C. The summed E-state index contributed by atoms with van der Waals surface area (Å²) >= 11 is 16.5. The number of hydrogen-bond acceptors (Lipinski definition) is 2. The van der Waals surface area contributed by atoms with E-state index in [0.29, 0.717) is 27.7 Å². The molecule has 0 aromatic heterocycles. The predicted octanol–water partition coefficient (Wildman–Crippen LogP) is 5.60. The van der Waals surface area contributed by atoms with Gasteiger partial charge in [0.25, 0.3) is 5.17 Å². The normalized spacial score (nSPS) is 9.73. The van der Waals surface area contributed by atoms with Crippen molar-refractivity contribution < 1.29 is 15.0 Å². The Morgan fingerprint density at radius 3 is 2.12 bits per heavy atom. The molecule has 3 N–H and O–H groups in total. The molecular weight excluding hydrogens is 395 g/mol. The van der Waals surface area contributed by atoms with Crippen molar-refractivity contribution in [3.8, 4) is 11.8 Å². The Morgan fingerprint density at radius 1 is 1.23 bits per heavy atom. The molecular formula is C18H24Cl2N2O3S. The zero-order chi connectivity index (χ0) is 20.4. The summed E-state index contributed by atoms with van der Waals surface area (Å²) in [5.74, 6) is 5.54. The minimum Gasteiger partial charge on any atom is -0.486 e. The summed E-state index contributed by atoms with van der Waals surface area (Å²) in [5.41, 5.74) is 0.996. The number of nitrogens with zero attached hydrogens (tertiary/aromatic N) is 1. The van der Waals surface area contributed by atoms with Crippen molar-refractivity contribution in [1.82, 2.24) is 4.90 Å². The smallest absolute Gasteiger partial charge is 0.409 e. The highest BCUT2D eigenvalue weighted by molar-refractivity contribution is 7.79. The lowest BCUT2D eigenvalue weighted by Gasteiger charge is -2.29. The average molecular weight is 419 g/mol. The Bertz CT molecular complexity index is 690. The number of thiocarbonyl (C=S) groups is 1. The van der Waals surface area contributed by atoms with E-state index in [9.17, 15) is 4.79 Å². The Kier molecular flexibility index (Phi) is 11.1. The molecule has 0 saturated heterocycles. The number of halogens is 2. The molecule has 0 aliphatic heterocycles. The van der Waals surface area contributed by atoms with Gasteiger partial charge in [-0.05, 0) is 59.0 Å². The Balaban J connectivity index is 0.000000541. The van der Waals surface area contributed by atoms with Crippen molar-refractivity contribution >= 4 is 52.4 Å². The third-order valence-corrected chi connectivity index (χ3v) is 4.27. The van der Waals surface area contributed by atoms with Gasteiger partial charge < -0.3 is 15.1 Å². The number of benzene rings is 1. The van der Waals surface area contributed by atoms with Crippen LogP contribution in [0.1, 0.15) is 40.2 Å². The van der Waals surface area contributed by atoms with Crippen LogP contribution in [0.15, 0.2) is 12.1 Å². The van der Waals surface area contributed by atoms with Gasteiger partial charge in [0.05, 0.1) is 10.0 Å². The quantitative estimate of drug-likeness (QED) is 0.438. The summed E-state index contributed by atoms with van der Waals surface area (Å²) in [4.78, 5) is 12.4. The molecule has 144 valence electrons.